The van der Waals surface area contributed by atoms with Crippen LogP contribution in [0.3, 0.4) is 0 Å². The summed E-state index contributed by atoms with van der Waals surface area (Å²) >= 11 is 0. The van der Waals surface area contributed by atoms with Gasteiger partial charge in [-0.25, -0.2) is 0 Å². The van der Waals surface area contributed by atoms with Crippen LogP contribution in [-0.2, 0) is 4.57 Å². The van der Waals surface area contributed by atoms with Gasteiger partial charge in [-0.1, -0.05) is 121 Å². The van der Waals surface area contributed by atoms with Crippen LogP contribution in [-0.4, -0.2) is 5.11 Å². The first kappa shape index (κ1) is 21.4. The quantitative estimate of drug-likeness (QED) is 0.282. The summed E-state index contributed by atoms with van der Waals surface area (Å²) in [5.74, 6) is 0.175. The van der Waals surface area contributed by atoms with E-state index in [0.29, 0.717) is 5.56 Å². The predicted molar refractivity (Wildman–Crippen MR) is 148 cm³/mol. The lowest BCUT2D eigenvalue weighted by atomic mass is 9.93. The molecule has 0 aliphatic heterocycles. The molecule has 0 atom stereocenters. The lowest BCUT2D eigenvalue weighted by molar-refractivity contribution is 0.478. The van der Waals surface area contributed by atoms with Crippen LogP contribution in [0.1, 0.15) is 0 Å². The van der Waals surface area contributed by atoms with Crippen molar-refractivity contribution in [2.45, 2.75) is 0 Å². The largest absolute Gasteiger partial charge is 0.507 e. The molecule has 0 aliphatic rings. The Bertz CT molecular complexity index is 1680. The molecule has 0 amide bonds. The lowest BCUT2D eigenvalue weighted by Gasteiger charge is -2.25. The Labute approximate surface area is 204 Å². The molecule has 0 fully saturated rings. The highest BCUT2D eigenvalue weighted by Crippen LogP contribution is 2.49. The van der Waals surface area contributed by atoms with Crippen LogP contribution < -0.4 is 15.9 Å². The van der Waals surface area contributed by atoms with Crippen molar-refractivity contribution in [3.8, 4) is 16.9 Å². The molecule has 3 heteroatoms. The summed E-state index contributed by atoms with van der Waals surface area (Å²) in [5.41, 5.74) is 1.52. The second kappa shape index (κ2) is 8.58. The molecule has 6 aromatic carbocycles. The monoisotopic (exact) mass is 470 g/mol. The second-order valence-electron chi connectivity index (χ2n) is 8.64. The van der Waals surface area contributed by atoms with Crippen LogP contribution in [0.25, 0.3) is 32.7 Å². The SMILES string of the molecule is O=P(c1ccccc1)(c1ccccc1)c1ccc2ccccc2c1-c1c(O)ccc2ccccc12. The molecular formula is C32H23O2P. The molecule has 0 spiro atoms. The minimum Gasteiger partial charge on any atom is -0.507 e. The summed E-state index contributed by atoms with van der Waals surface area (Å²) in [7, 11) is -3.29. The Morgan fingerprint density at radius 2 is 0.914 bits per heavy atom. The Kier molecular flexibility index (Phi) is 5.25. The fourth-order valence-corrected chi connectivity index (χ4v) is 7.88. The highest BCUT2D eigenvalue weighted by Gasteiger charge is 2.34. The van der Waals surface area contributed by atoms with E-state index in [1.54, 1.807) is 6.07 Å². The molecule has 35 heavy (non-hydrogen) atoms. The van der Waals surface area contributed by atoms with Gasteiger partial charge in [-0.15, -0.1) is 0 Å². The van der Waals surface area contributed by atoms with Gasteiger partial charge in [0.2, 0.25) is 0 Å². The van der Waals surface area contributed by atoms with Crippen molar-refractivity contribution in [3.05, 3.63) is 133 Å². The van der Waals surface area contributed by atoms with E-state index >= 15 is 4.57 Å². The molecule has 0 heterocycles. The van der Waals surface area contributed by atoms with E-state index < -0.39 is 7.14 Å². The van der Waals surface area contributed by atoms with Crippen molar-refractivity contribution in [2.24, 2.45) is 0 Å². The number of phenols is 1. The number of fused-ring (bicyclic) bond motifs is 2. The smallest absolute Gasteiger partial charge is 0.171 e. The van der Waals surface area contributed by atoms with E-state index in [1.165, 1.54) is 0 Å². The van der Waals surface area contributed by atoms with Gasteiger partial charge >= 0.3 is 0 Å². The number of rotatable bonds is 4. The molecule has 0 radical (unpaired) electrons. The molecule has 0 bridgehead atoms. The van der Waals surface area contributed by atoms with Crippen molar-refractivity contribution >= 4 is 44.6 Å². The maximum absolute atomic E-state index is 15.4. The molecule has 0 aliphatic carbocycles. The Hall–Kier alpha value is -4.13. The van der Waals surface area contributed by atoms with Gasteiger partial charge in [0.05, 0.1) is 0 Å². The zero-order valence-corrected chi connectivity index (χ0v) is 19.9. The van der Waals surface area contributed by atoms with E-state index in [-0.39, 0.29) is 5.75 Å². The number of aromatic hydroxyl groups is 1. The molecule has 6 aromatic rings. The molecule has 0 unspecified atom stereocenters. The fraction of sp³-hybridized carbons (Fsp3) is 0. The van der Waals surface area contributed by atoms with E-state index in [1.807, 2.05) is 115 Å². The lowest BCUT2D eigenvalue weighted by Crippen LogP contribution is -2.26. The van der Waals surface area contributed by atoms with E-state index in [9.17, 15) is 5.11 Å². The fourth-order valence-electron chi connectivity index (χ4n) is 5.01. The van der Waals surface area contributed by atoms with Gasteiger partial charge in [0.15, 0.2) is 7.14 Å². The maximum atomic E-state index is 15.4. The summed E-state index contributed by atoms with van der Waals surface area (Å²) < 4.78 is 15.4. The van der Waals surface area contributed by atoms with E-state index in [0.717, 1.165) is 43.0 Å². The minimum atomic E-state index is -3.29. The van der Waals surface area contributed by atoms with Crippen molar-refractivity contribution in [1.29, 1.82) is 0 Å². The first-order chi connectivity index (χ1) is 17.2. The molecule has 0 saturated carbocycles. The third-order valence-electron chi connectivity index (χ3n) is 6.64. The maximum Gasteiger partial charge on any atom is 0.171 e. The number of phenolic OH excluding ortho intramolecular Hbond substituents is 1. The van der Waals surface area contributed by atoms with Crippen molar-refractivity contribution in [2.75, 3.05) is 0 Å². The summed E-state index contributed by atoms with van der Waals surface area (Å²) in [5, 5.41) is 17.5. The van der Waals surface area contributed by atoms with Crippen LogP contribution >= 0.6 is 7.14 Å². The van der Waals surface area contributed by atoms with Crippen LogP contribution in [0.2, 0.25) is 0 Å². The number of hydrogen-bond acceptors (Lipinski definition) is 2. The summed E-state index contributed by atoms with van der Waals surface area (Å²) in [6.07, 6.45) is 0. The predicted octanol–water partition coefficient (Wildman–Crippen LogP) is 7.01. The molecular weight excluding hydrogens is 447 g/mol. The summed E-state index contributed by atoms with van der Waals surface area (Å²) in [4.78, 5) is 0. The van der Waals surface area contributed by atoms with E-state index in [4.69, 9.17) is 0 Å². The topological polar surface area (TPSA) is 37.3 Å². The van der Waals surface area contributed by atoms with Crippen molar-refractivity contribution in [3.63, 3.8) is 0 Å². The standard InChI is InChI=1S/C32H23O2P/c33-29-21-19-23-11-7-9-17-27(23)31(29)32-28-18-10-8-12-24(28)20-22-30(32)35(34,25-13-3-1-4-14-25)26-15-5-2-6-16-26/h1-22,33H. The zero-order valence-electron chi connectivity index (χ0n) is 19.0. The first-order valence-electron chi connectivity index (χ1n) is 11.6. The third kappa shape index (κ3) is 3.46. The molecule has 0 aromatic heterocycles. The highest BCUT2D eigenvalue weighted by atomic mass is 31.2. The van der Waals surface area contributed by atoms with Gasteiger partial charge in [0.25, 0.3) is 0 Å². The first-order valence-corrected chi connectivity index (χ1v) is 13.3. The Morgan fingerprint density at radius 1 is 0.457 bits per heavy atom. The average molecular weight is 471 g/mol. The van der Waals surface area contributed by atoms with Crippen molar-refractivity contribution < 1.29 is 9.67 Å². The van der Waals surface area contributed by atoms with Gasteiger partial charge < -0.3 is 9.67 Å². The van der Waals surface area contributed by atoms with Gasteiger partial charge in [0, 0.05) is 27.0 Å². The molecule has 0 saturated heterocycles. The number of hydrogen-bond donors (Lipinski definition) is 1. The van der Waals surface area contributed by atoms with Crippen LogP contribution in [0, 0.1) is 0 Å². The van der Waals surface area contributed by atoms with Gasteiger partial charge in [-0.3, -0.25) is 0 Å². The normalized spacial score (nSPS) is 11.7. The van der Waals surface area contributed by atoms with E-state index in [2.05, 4.69) is 12.1 Å². The van der Waals surface area contributed by atoms with Gasteiger partial charge in [-0.05, 0) is 33.7 Å². The Morgan fingerprint density at radius 3 is 1.49 bits per heavy atom. The molecule has 168 valence electrons. The minimum absolute atomic E-state index is 0.175. The number of benzene rings is 6. The van der Waals surface area contributed by atoms with Crippen LogP contribution in [0.15, 0.2) is 133 Å². The Balaban J connectivity index is 1.82. The summed E-state index contributed by atoms with van der Waals surface area (Å²) in [6.45, 7) is 0. The van der Waals surface area contributed by atoms with Crippen molar-refractivity contribution in [1.82, 2.24) is 0 Å². The highest BCUT2D eigenvalue weighted by molar-refractivity contribution is 7.85. The summed E-state index contributed by atoms with van der Waals surface area (Å²) in [6, 6.07) is 43.2. The molecule has 1 N–H and O–H groups in total. The average Bonchev–Trinajstić information content (AvgIpc) is 2.93. The van der Waals surface area contributed by atoms with Gasteiger partial charge in [0.1, 0.15) is 5.75 Å². The van der Waals surface area contributed by atoms with Crippen LogP contribution in [0.5, 0.6) is 5.75 Å². The third-order valence-corrected chi connectivity index (χ3v) is 9.74. The zero-order chi connectivity index (χ0) is 23.8. The molecule has 2 nitrogen and oxygen atoms in total. The second-order valence-corrected chi connectivity index (χ2v) is 11.4. The van der Waals surface area contributed by atoms with Crippen LogP contribution in [0.4, 0.5) is 0 Å². The van der Waals surface area contributed by atoms with Gasteiger partial charge in [-0.2, -0.15) is 0 Å². The molecule has 6 rings (SSSR count).